The van der Waals surface area contributed by atoms with E-state index in [1.807, 2.05) is 44.2 Å². The van der Waals surface area contributed by atoms with Crippen molar-refractivity contribution in [3.63, 3.8) is 0 Å². The van der Waals surface area contributed by atoms with E-state index >= 15 is 0 Å². The maximum absolute atomic E-state index is 13.0. The zero-order valence-electron chi connectivity index (χ0n) is 22.4. The van der Waals surface area contributed by atoms with Gasteiger partial charge in [0.1, 0.15) is 6.61 Å². The molecule has 0 radical (unpaired) electrons. The highest BCUT2D eigenvalue weighted by molar-refractivity contribution is 5.72. The van der Waals surface area contributed by atoms with Crippen LogP contribution in [0.5, 0.6) is 11.5 Å². The highest BCUT2D eigenvalue weighted by Gasteiger charge is 2.46. The minimum atomic E-state index is -0.0869. The van der Waals surface area contributed by atoms with Crippen LogP contribution < -0.4 is 9.47 Å². The van der Waals surface area contributed by atoms with Gasteiger partial charge in [0.2, 0.25) is 0 Å². The number of benzene rings is 2. The number of nitrogens with zero attached hydrogens (tertiary/aromatic N) is 2. The van der Waals surface area contributed by atoms with Crippen molar-refractivity contribution in [1.29, 1.82) is 0 Å². The summed E-state index contributed by atoms with van der Waals surface area (Å²) in [5.74, 6) is 1.56. The average Bonchev–Trinajstić information content (AvgIpc) is 2.89. The molecule has 0 amide bonds. The number of carbonyl (C=O) groups is 1. The Morgan fingerprint density at radius 3 is 2.33 bits per heavy atom. The zero-order chi connectivity index (χ0) is 25.5. The Morgan fingerprint density at radius 2 is 1.69 bits per heavy atom. The summed E-state index contributed by atoms with van der Waals surface area (Å²) in [5.41, 5.74) is 3.66. The lowest BCUT2D eigenvalue weighted by Crippen LogP contribution is -2.54. The summed E-state index contributed by atoms with van der Waals surface area (Å²) in [7, 11) is 4.26. The normalized spacial score (nSPS) is 21.9. The quantitative estimate of drug-likeness (QED) is 0.432. The minimum absolute atomic E-state index is 0.0468. The van der Waals surface area contributed by atoms with E-state index in [4.69, 9.17) is 14.2 Å². The molecular weight excluding hydrogens is 452 g/mol. The largest absolute Gasteiger partial charge is 0.490 e. The topological polar surface area (TPSA) is 51.2 Å². The van der Waals surface area contributed by atoms with Gasteiger partial charge in [0, 0.05) is 25.2 Å². The number of hydrogen-bond acceptors (Lipinski definition) is 6. The van der Waals surface area contributed by atoms with E-state index in [-0.39, 0.29) is 17.4 Å². The molecule has 6 heteroatoms. The van der Waals surface area contributed by atoms with Crippen molar-refractivity contribution in [3.05, 3.63) is 59.2 Å². The molecule has 2 aromatic rings. The van der Waals surface area contributed by atoms with Gasteiger partial charge >= 0.3 is 5.97 Å². The molecule has 0 N–H and O–H groups in total. The van der Waals surface area contributed by atoms with Crippen molar-refractivity contribution in [3.8, 4) is 11.5 Å². The van der Waals surface area contributed by atoms with Crippen molar-refractivity contribution < 1.29 is 19.0 Å². The summed E-state index contributed by atoms with van der Waals surface area (Å²) in [6, 6.07) is 14.4. The molecule has 1 aliphatic heterocycles. The lowest BCUT2D eigenvalue weighted by molar-refractivity contribution is -0.152. The maximum atomic E-state index is 13.0. The summed E-state index contributed by atoms with van der Waals surface area (Å²) in [6.07, 6.45) is 4.56. The minimum Gasteiger partial charge on any atom is -0.490 e. The second kappa shape index (κ2) is 12.1. The third kappa shape index (κ3) is 5.87. The Bertz CT molecular complexity index is 1000. The molecule has 1 fully saturated rings. The van der Waals surface area contributed by atoms with Crippen LogP contribution in [0.3, 0.4) is 0 Å². The molecule has 0 aromatic heterocycles. The fourth-order valence-corrected chi connectivity index (χ4v) is 5.83. The van der Waals surface area contributed by atoms with E-state index in [0.717, 1.165) is 68.8 Å². The van der Waals surface area contributed by atoms with Gasteiger partial charge in [-0.15, -0.1) is 0 Å². The third-order valence-corrected chi connectivity index (χ3v) is 7.71. The van der Waals surface area contributed by atoms with Gasteiger partial charge in [-0.05, 0) is 88.9 Å². The predicted molar refractivity (Wildman–Crippen MR) is 142 cm³/mol. The Hall–Kier alpha value is -2.57. The van der Waals surface area contributed by atoms with Gasteiger partial charge < -0.3 is 19.1 Å². The summed E-state index contributed by atoms with van der Waals surface area (Å²) in [5, 5.41) is 0. The first-order valence-electron chi connectivity index (χ1n) is 13.5. The number of fused-ring (bicyclic) bond motifs is 2. The molecule has 6 nitrogen and oxygen atoms in total. The summed E-state index contributed by atoms with van der Waals surface area (Å²) < 4.78 is 17.7. The summed E-state index contributed by atoms with van der Waals surface area (Å²) in [4.78, 5) is 17.9. The molecule has 4 rings (SSSR count). The Labute approximate surface area is 216 Å². The molecule has 1 saturated carbocycles. The molecule has 196 valence electrons. The lowest BCUT2D eigenvalue weighted by atomic mass is 9.68. The van der Waals surface area contributed by atoms with Crippen molar-refractivity contribution >= 4 is 5.97 Å². The van der Waals surface area contributed by atoms with Crippen molar-refractivity contribution in [2.45, 2.75) is 58.1 Å². The fraction of sp³-hybridized carbons (Fsp3) is 0.567. The zero-order valence-corrected chi connectivity index (χ0v) is 22.4. The standard InChI is InChI=1S/C30H42N2O4/c1-5-34-27-20-25-14-17-32(19-18-31(3)4)30(26(25)21-28(27)35-6-2)15-12-24(13-16-30)29(33)36-22-23-10-8-7-9-11-23/h7-11,20-21,24H,5-6,12-19,22H2,1-4H3/t24-,30-. The van der Waals surface area contributed by atoms with E-state index in [9.17, 15) is 4.79 Å². The van der Waals surface area contributed by atoms with Gasteiger partial charge in [-0.25, -0.2) is 0 Å². The van der Waals surface area contributed by atoms with Gasteiger partial charge in [0.25, 0.3) is 0 Å². The highest BCUT2D eigenvalue weighted by atomic mass is 16.5. The van der Waals surface area contributed by atoms with E-state index in [0.29, 0.717) is 19.8 Å². The molecule has 1 aliphatic carbocycles. The van der Waals surface area contributed by atoms with E-state index < -0.39 is 0 Å². The van der Waals surface area contributed by atoms with Gasteiger partial charge in [-0.3, -0.25) is 9.69 Å². The molecule has 0 saturated heterocycles. The van der Waals surface area contributed by atoms with Gasteiger partial charge in [-0.2, -0.15) is 0 Å². The summed E-state index contributed by atoms with van der Waals surface area (Å²) in [6.45, 7) is 8.62. The van der Waals surface area contributed by atoms with Gasteiger partial charge in [0.05, 0.1) is 19.1 Å². The molecular formula is C30H42N2O4. The van der Waals surface area contributed by atoms with Crippen molar-refractivity contribution in [1.82, 2.24) is 9.80 Å². The first-order chi connectivity index (χ1) is 17.5. The molecule has 1 heterocycles. The molecule has 1 spiro atoms. The monoisotopic (exact) mass is 494 g/mol. The SMILES string of the molecule is CCOc1cc2c(cc1OCC)[C@]1(CC[C@@H](C(=O)OCc3ccccc3)CC1)N(CCN(C)C)CC2. The van der Waals surface area contributed by atoms with E-state index in [1.54, 1.807) is 0 Å². The third-order valence-electron chi connectivity index (χ3n) is 7.71. The van der Waals surface area contributed by atoms with Crippen LogP contribution in [-0.4, -0.2) is 62.7 Å². The number of likely N-dealkylation sites (N-methyl/N-ethyl adjacent to an activating group) is 1. The maximum Gasteiger partial charge on any atom is 0.309 e. The Morgan fingerprint density at radius 1 is 1.03 bits per heavy atom. The molecule has 2 aromatic carbocycles. The van der Waals surface area contributed by atoms with Crippen LogP contribution in [0.1, 0.15) is 56.2 Å². The number of hydrogen-bond donors (Lipinski definition) is 0. The number of rotatable bonds is 10. The first-order valence-corrected chi connectivity index (χ1v) is 13.5. The predicted octanol–water partition coefficient (Wildman–Crippen LogP) is 5.03. The van der Waals surface area contributed by atoms with Crippen LogP contribution in [0.15, 0.2) is 42.5 Å². The van der Waals surface area contributed by atoms with E-state index in [1.165, 1.54) is 11.1 Å². The molecule has 0 atom stereocenters. The highest BCUT2D eigenvalue weighted by Crippen LogP contribution is 2.50. The van der Waals surface area contributed by atoms with Gasteiger partial charge in [-0.1, -0.05) is 30.3 Å². The fourth-order valence-electron chi connectivity index (χ4n) is 5.83. The van der Waals surface area contributed by atoms with Crippen molar-refractivity contribution in [2.75, 3.05) is 46.9 Å². The van der Waals surface area contributed by atoms with Crippen LogP contribution in [0.25, 0.3) is 0 Å². The second-order valence-electron chi connectivity index (χ2n) is 10.3. The van der Waals surface area contributed by atoms with Crippen LogP contribution in [0.4, 0.5) is 0 Å². The molecule has 36 heavy (non-hydrogen) atoms. The number of ether oxygens (including phenoxy) is 3. The van der Waals surface area contributed by atoms with Crippen LogP contribution >= 0.6 is 0 Å². The van der Waals surface area contributed by atoms with Crippen LogP contribution in [-0.2, 0) is 28.1 Å². The number of carbonyl (C=O) groups excluding carboxylic acids is 1. The molecule has 0 unspecified atom stereocenters. The van der Waals surface area contributed by atoms with Crippen LogP contribution in [0, 0.1) is 5.92 Å². The van der Waals surface area contributed by atoms with Gasteiger partial charge in [0.15, 0.2) is 11.5 Å². The number of esters is 1. The van der Waals surface area contributed by atoms with Crippen molar-refractivity contribution in [2.24, 2.45) is 5.92 Å². The Kier molecular flexibility index (Phi) is 8.91. The summed E-state index contributed by atoms with van der Waals surface area (Å²) >= 11 is 0. The Balaban J connectivity index is 1.56. The molecule has 2 aliphatic rings. The first kappa shape index (κ1) is 26.5. The lowest BCUT2D eigenvalue weighted by Gasteiger charge is -2.52. The van der Waals surface area contributed by atoms with Crippen LogP contribution in [0.2, 0.25) is 0 Å². The molecule has 0 bridgehead atoms. The van der Waals surface area contributed by atoms with E-state index in [2.05, 4.69) is 36.0 Å². The smallest absolute Gasteiger partial charge is 0.309 e. The second-order valence-corrected chi connectivity index (χ2v) is 10.3. The average molecular weight is 495 g/mol.